The lowest BCUT2D eigenvalue weighted by Gasteiger charge is -2.35. The van der Waals surface area contributed by atoms with Gasteiger partial charge in [-0.3, -0.25) is 4.99 Å². The molecule has 1 aromatic carbocycles. The van der Waals surface area contributed by atoms with Crippen molar-refractivity contribution in [3.8, 4) is 0 Å². The topological polar surface area (TPSA) is 36.4 Å². The maximum absolute atomic E-state index is 4.62. The van der Waals surface area contributed by atoms with Gasteiger partial charge in [0, 0.05) is 19.1 Å². The lowest BCUT2D eigenvalue weighted by atomic mass is 9.84. The second-order valence-corrected chi connectivity index (χ2v) is 5.32. The van der Waals surface area contributed by atoms with E-state index >= 15 is 0 Å². The van der Waals surface area contributed by atoms with Crippen LogP contribution in [0.3, 0.4) is 0 Å². The number of hydrogen-bond acceptors (Lipinski definition) is 3. The van der Waals surface area contributed by atoms with Crippen LogP contribution in [0.25, 0.3) is 0 Å². The van der Waals surface area contributed by atoms with Gasteiger partial charge in [-0.2, -0.15) is 0 Å². The van der Waals surface area contributed by atoms with Crippen LogP contribution in [0.5, 0.6) is 0 Å². The van der Waals surface area contributed by atoms with Crippen LogP contribution in [0.2, 0.25) is 0 Å². The van der Waals surface area contributed by atoms with Gasteiger partial charge >= 0.3 is 0 Å². The Morgan fingerprint density at radius 2 is 2.00 bits per heavy atom. The van der Waals surface area contributed by atoms with E-state index in [1.165, 1.54) is 31.2 Å². The van der Waals surface area contributed by atoms with Gasteiger partial charge in [-0.05, 0) is 24.3 Å². The number of nitrogens with one attached hydrogen (secondary N) is 2. The summed E-state index contributed by atoms with van der Waals surface area (Å²) >= 11 is 0. The van der Waals surface area contributed by atoms with E-state index in [0.717, 1.165) is 25.0 Å². The summed E-state index contributed by atoms with van der Waals surface area (Å²) in [5.74, 6) is 1.75. The average Bonchev–Trinajstić information content (AvgIpc) is 2.46. The Bertz CT molecular complexity index is 413. The molecular weight excluding hydrogens is 222 g/mol. The predicted octanol–water partition coefficient (Wildman–Crippen LogP) is 2.29. The molecule has 1 heterocycles. The molecule has 1 fully saturated rings. The monoisotopic (exact) mass is 243 g/mol. The lowest BCUT2D eigenvalue weighted by molar-refractivity contribution is 0.280. The Morgan fingerprint density at radius 3 is 2.89 bits per heavy atom. The largest absolute Gasteiger partial charge is 0.353 e. The second kappa shape index (κ2) is 5.42. The van der Waals surface area contributed by atoms with E-state index in [0.29, 0.717) is 6.04 Å². The minimum Gasteiger partial charge on any atom is -0.353 e. The number of rotatable bonds is 2. The van der Waals surface area contributed by atoms with Crippen LogP contribution >= 0.6 is 0 Å². The highest BCUT2D eigenvalue weighted by molar-refractivity contribution is 5.80. The van der Waals surface area contributed by atoms with Crippen LogP contribution in [-0.2, 0) is 6.54 Å². The maximum atomic E-state index is 4.62. The zero-order chi connectivity index (χ0) is 12.2. The molecule has 3 heteroatoms. The van der Waals surface area contributed by atoms with Gasteiger partial charge in [0.25, 0.3) is 0 Å². The van der Waals surface area contributed by atoms with Gasteiger partial charge in [0.2, 0.25) is 0 Å². The molecule has 0 bridgehead atoms. The first-order valence-electron chi connectivity index (χ1n) is 7.00. The second-order valence-electron chi connectivity index (χ2n) is 5.32. The Kier molecular flexibility index (Phi) is 3.49. The van der Waals surface area contributed by atoms with Crippen LogP contribution < -0.4 is 10.6 Å². The number of guanidine groups is 1. The molecule has 18 heavy (non-hydrogen) atoms. The molecule has 0 radical (unpaired) electrons. The van der Waals surface area contributed by atoms with Crippen LogP contribution in [0.1, 0.15) is 31.2 Å². The van der Waals surface area contributed by atoms with Crippen molar-refractivity contribution < 1.29 is 0 Å². The van der Waals surface area contributed by atoms with E-state index in [9.17, 15) is 0 Å². The van der Waals surface area contributed by atoms with Crippen LogP contribution in [0.4, 0.5) is 0 Å². The standard InChI is InChI=1S/C15H21N3/c1-2-6-12(7-3-1)10-16-15-17-11-13-8-4-5-9-14(13)18-15/h1-3,6-7,13-14H,4-5,8-11H2,(H2,16,17,18). The Balaban J connectivity index is 1.56. The third kappa shape index (κ3) is 2.66. The number of hydrogen-bond donors (Lipinski definition) is 2. The summed E-state index contributed by atoms with van der Waals surface area (Å²) < 4.78 is 0. The van der Waals surface area contributed by atoms with Gasteiger partial charge < -0.3 is 10.6 Å². The van der Waals surface area contributed by atoms with Crippen molar-refractivity contribution in [3.05, 3.63) is 35.9 Å². The summed E-state index contributed by atoms with van der Waals surface area (Å²) in [6, 6.07) is 11.1. The maximum Gasteiger partial charge on any atom is 0.191 e. The summed E-state index contributed by atoms with van der Waals surface area (Å²) in [4.78, 5) is 4.62. The highest BCUT2D eigenvalue weighted by Gasteiger charge is 2.28. The summed E-state index contributed by atoms with van der Waals surface area (Å²) in [5.41, 5.74) is 1.30. The molecule has 2 unspecified atom stereocenters. The van der Waals surface area contributed by atoms with Gasteiger partial charge in [0.15, 0.2) is 5.96 Å². The zero-order valence-electron chi connectivity index (χ0n) is 10.7. The molecule has 2 aliphatic rings. The summed E-state index contributed by atoms with van der Waals surface area (Å²) in [7, 11) is 0. The van der Waals surface area contributed by atoms with Crippen molar-refractivity contribution in [2.45, 2.75) is 38.3 Å². The van der Waals surface area contributed by atoms with Crippen molar-refractivity contribution in [2.75, 3.05) is 6.54 Å². The van der Waals surface area contributed by atoms with Gasteiger partial charge in [0.05, 0.1) is 0 Å². The number of nitrogens with zero attached hydrogens (tertiary/aromatic N) is 1. The molecule has 96 valence electrons. The smallest absolute Gasteiger partial charge is 0.191 e. The van der Waals surface area contributed by atoms with Crippen molar-refractivity contribution in [1.29, 1.82) is 0 Å². The fraction of sp³-hybridized carbons (Fsp3) is 0.533. The Morgan fingerprint density at radius 1 is 1.17 bits per heavy atom. The first-order valence-corrected chi connectivity index (χ1v) is 7.00. The molecule has 3 nitrogen and oxygen atoms in total. The van der Waals surface area contributed by atoms with Crippen molar-refractivity contribution in [3.63, 3.8) is 0 Å². The molecule has 0 aromatic heterocycles. The molecule has 1 aliphatic carbocycles. The fourth-order valence-electron chi connectivity index (χ4n) is 2.93. The minimum atomic E-state index is 0.648. The Labute approximate surface area is 109 Å². The minimum absolute atomic E-state index is 0.648. The number of aliphatic imine (C=N–C) groups is 1. The molecule has 0 saturated heterocycles. The first kappa shape index (κ1) is 11.6. The molecule has 1 saturated carbocycles. The van der Waals surface area contributed by atoms with E-state index in [-0.39, 0.29) is 0 Å². The number of fused-ring (bicyclic) bond motifs is 1. The van der Waals surface area contributed by atoms with Crippen LogP contribution in [0.15, 0.2) is 35.3 Å². The fourth-order valence-corrected chi connectivity index (χ4v) is 2.93. The van der Waals surface area contributed by atoms with Crippen LogP contribution in [0, 0.1) is 5.92 Å². The van der Waals surface area contributed by atoms with E-state index in [1.54, 1.807) is 0 Å². The summed E-state index contributed by atoms with van der Waals surface area (Å²) in [6.45, 7) is 1.85. The van der Waals surface area contributed by atoms with E-state index in [4.69, 9.17) is 0 Å². The zero-order valence-corrected chi connectivity index (χ0v) is 10.7. The first-order chi connectivity index (χ1) is 8.92. The number of benzene rings is 1. The normalized spacial score (nSPS) is 26.8. The van der Waals surface area contributed by atoms with E-state index in [1.807, 2.05) is 6.07 Å². The van der Waals surface area contributed by atoms with Crippen molar-refractivity contribution in [1.82, 2.24) is 10.6 Å². The highest BCUT2D eigenvalue weighted by atomic mass is 15.2. The van der Waals surface area contributed by atoms with Gasteiger partial charge in [-0.25, -0.2) is 0 Å². The van der Waals surface area contributed by atoms with Crippen molar-refractivity contribution in [2.24, 2.45) is 10.9 Å². The lowest BCUT2D eigenvalue weighted by Crippen LogP contribution is -2.51. The molecule has 3 rings (SSSR count). The quantitative estimate of drug-likeness (QED) is 0.836. The van der Waals surface area contributed by atoms with Gasteiger partial charge in [0.1, 0.15) is 0 Å². The third-order valence-corrected chi connectivity index (χ3v) is 4.02. The third-order valence-electron chi connectivity index (χ3n) is 4.02. The van der Waals surface area contributed by atoms with E-state index < -0.39 is 0 Å². The SMILES string of the molecule is c1ccc(CNC2=NCC3CCCCC3N2)cc1. The van der Waals surface area contributed by atoms with Crippen molar-refractivity contribution >= 4 is 5.96 Å². The summed E-state index contributed by atoms with van der Waals surface area (Å²) in [6.07, 6.45) is 5.38. The average molecular weight is 243 g/mol. The predicted molar refractivity (Wildman–Crippen MR) is 74.5 cm³/mol. The summed E-state index contributed by atoms with van der Waals surface area (Å²) in [5, 5.41) is 6.97. The molecule has 1 aromatic rings. The van der Waals surface area contributed by atoms with E-state index in [2.05, 4.69) is 39.9 Å². The molecule has 0 spiro atoms. The molecule has 2 atom stereocenters. The molecule has 2 N–H and O–H groups in total. The Hall–Kier alpha value is -1.51. The molecule has 0 amide bonds. The molecule has 1 aliphatic heterocycles. The highest BCUT2D eigenvalue weighted by Crippen LogP contribution is 2.26. The van der Waals surface area contributed by atoms with Gasteiger partial charge in [-0.1, -0.05) is 43.2 Å². The molecular formula is C15H21N3. The van der Waals surface area contributed by atoms with Gasteiger partial charge in [-0.15, -0.1) is 0 Å². The van der Waals surface area contributed by atoms with Crippen LogP contribution in [-0.4, -0.2) is 18.5 Å².